The molecule has 0 bridgehead atoms. The molecule has 0 amide bonds. The van der Waals surface area contributed by atoms with Crippen LogP contribution in [0.15, 0.2) is 16.6 Å². The molecule has 1 aromatic carbocycles. The summed E-state index contributed by atoms with van der Waals surface area (Å²) in [5.41, 5.74) is -4.07. The minimum absolute atomic E-state index is 0.194. The number of ether oxygens (including phenoxy) is 1. The number of benzene rings is 1. The van der Waals surface area contributed by atoms with Crippen LogP contribution in [0.5, 0.6) is 5.75 Å². The third-order valence-electron chi connectivity index (χ3n) is 1.23. The summed E-state index contributed by atoms with van der Waals surface area (Å²) in [6, 6.07) is 1.86. The van der Waals surface area contributed by atoms with E-state index in [1.165, 1.54) is 0 Å². The summed E-state index contributed by atoms with van der Waals surface area (Å²) < 4.78 is 53.2. The van der Waals surface area contributed by atoms with Crippen molar-refractivity contribution in [1.82, 2.24) is 0 Å². The summed E-state index contributed by atoms with van der Waals surface area (Å²) in [5, 5.41) is 0. The lowest BCUT2D eigenvalue weighted by Crippen LogP contribution is -2.16. The zero-order chi connectivity index (χ0) is 10.9. The topological polar surface area (TPSA) is 9.23 Å². The first-order valence-electron chi connectivity index (χ1n) is 3.20. The third kappa shape index (κ3) is 2.75. The standard InChI is InChI=1S/C7H2BrClF4O/c8-3-1-2-4(6(11)5(3)10)14-7(9,12)13/h1-2H. The van der Waals surface area contributed by atoms with Crippen LogP contribution in [0.4, 0.5) is 17.6 Å². The van der Waals surface area contributed by atoms with Gasteiger partial charge in [0, 0.05) is 11.6 Å². The molecule has 0 N–H and O–H groups in total. The average molecular weight is 293 g/mol. The second-order valence-electron chi connectivity index (χ2n) is 2.22. The Morgan fingerprint density at radius 3 is 2.29 bits per heavy atom. The first-order valence-corrected chi connectivity index (χ1v) is 4.37. The lowest BCUT2D eigenvalue weighted by atomic mass is 10.3. The van der Waals surface area contributed by atoms with Gasteiger partial charge in [-0.25, -0.2) is 4.39 Å². The molecule has 0 radical (unpaired) electrons. The number of hydrogen-bond donors (Lipinski definition) is 0. The van der Waals surface area contributed by atoms with Crippen molar-refractivity contribution in [2.24, 2.45) is 0 Å². The molecule has 0 saturated carbocycles. The van der Waals surface area contributed by atoms with Crippen LogP contribution >= 0.6 is 27.5 Å². The first kappa shape index (κ1) is 11.6. The fraction of sp³-hybridized carbons (Fsp3) is 0.143. The van der Waals surface area contributed by atoms with Gasteiger partial charge in [-0.15, -0.1) is 8.78 Å². The first-order chi connectivity index (χ1) is 6.31. The highest BCUT2D eigenvalue weighted by molar-refractivity contribution is 9.10. The largest absolute Gasteiger partial charge is 0.487 e. The highest BCUT2D eigenvalue weighted by atomic mass is 79.9. The van der Waals surface area contributed by atoms with Crippen molar-refractivity contribution in [3.63, 3.8) is 0 Å². The molecule has 0 aliphatic heterocycles. The Hall–Kier alpha value is -0.490. The molecule has 1 nitrogen and oxygen atoms in total. The Bertz CT molecular complexity index is 352. The maximum atomic E-state index is 12.9. The average Bonchev–Trinajstić information content (AvgIpc) is 2.04. The molecular formula is C7H2BrClF4O. The Balaban J connectivity index is 3.06. The van der Waals surface area contributed by atoms with Gasteiger partial charge in [0.15, 0.2) is 11.6 Å². The molecule has 78 valence electrons. The van der Waals surface area contributed by atoms with Crippen LogP contribution in [0.3, 0.4) is 0 Å². The van der Waals surface area contributed by atoms with Gasteiger partial charge in [0.2, 0.25) is 5.82 Å². The second kappa shape index (κ2) is 3.94. The van der Waals surface area contributed by atoms with Crippen LogP contribution in [0, 0.1) is 11.6 Å². The van der Waals surface area contributed by atoms with E-state index in [1.807, 2.05) is 0 Å². The van der Waals surface area contributed by atoms with Crippen molar-refractivity contribution in [2.75, 3.05) is 0 Å². The number of halogens is 6. The van der Waals surface area contributed by atoms with E-state index in [0.29, 0.717) is 0 Å². The van der Waals surface area contributed by atoms with Crippen molar-refractivity contribution >= 4 is 27.5 Å². The summed E-state index contributed by atoms with van der Waals surface area (Å²) in [7, 11) is 0. The normalized spacial score (nSPS) is 11.6. The summed E-state index contributed by atoms with van der Waals surface area (Å²) in [6.45, 7) is 0. The molecule has 1 aromatic rings. The quantitative estimate of drug-likeness (QED) is 0.456. The van der Waals surface area contributed by atoms with E-state index in [4.69, 9.17) is 0 Å². The summed E-state index contributed by atoms with van der Waals surface area (Å²) in [4.78, 5) is 0. The third-order valence-corrected chi connectivity index (χ3v) is 1.92. The van der Waals surface area contributed by atoms with Gasteiger partial charge in [-0.1, -0.05) is 0 Å². The van der Waals surface area contributed by atoms with Crippen LogP contribution < -0.4 is 4.74 Å². The molecule has 0 atom stereocenters. The fourth-order valence-electron chi connectivity index (χ4n) is 0.712. The minimum Gasteiger partial charge on any atom is -0.417 e. The van der Waals surface area contributed by atoms with Gasteiger partial charge in [-0.3, -0.25) is 0 Å². The predicted molar refractivity (Wildman–Crippen MR) is 45.5 cm³/mol. The van der Waals surface area contributed by atoms with E-state index >= 15 is 0 Å². The molecule has 0 heterocycles. The second-order valence-corrected chi connectivity index (χ2v) is 3.52. The Morgan fingerprint density at radius 1 is 1.21 bits per heavy atom. The molecule has 0 aliphatic carbocycles. The molecule has 0 spiro atoms. The number of hydrogen-bond acceptors (Lipinski definition) is 1. The van der Waals surface area contributed by atoms with E-state index < -0.39 is 23.0 Å². The van der Waals surface area contributed by atoms with Gasteiger partial charge >= 0.3 is 5.57 Å². The molecule has 0 saturated heterocycles. The Morgan fingerprint density at radius 2 is 1.79 bits per heavy atom. The van der Waals surface area contributed by atoms with Crippen LogP contribution in [-0.2, 0) is 0 Å². The summed E-state index contributed by atoms with van der Waals surface area (Å²) in [5.74, 6) is -3.80. The fourth-order valence-corrected chi connectivity index (χ4v) is 1.10. The molecule has 0 fully saturated rings. The van der Waals surface area contributed by atoms with Gasteiger partial charge in [-0.05, 0) is 28.1 Å². The number of alkyl halides is 3. The highest BCUT2D eigenvalue weighted by Gasteiger charge is 2.30. The van der Waals surface area contributed by atoms with Crippen LogP contribution in [0.2, 0.25) is 0 Å². The van der Waals surface area contributed by atoms with Crippen molar-refractivity contribution in [3.8, 4) is 5.75 Å². The molecular weight excluding hydrogens is 291 g/mol. The molecule has 0 unspecified atom stereocenters. The Labute approximate surface area is 89.7 Å². The van der Waals surface area contributed by atoms with Crippen molar-refractivity contribution in [2.45, 2.75) is 5.57 Å². The zero-order valence-corrected chi connectivity index (χ0v) is 8.67. The highest BCUT2D eigenvalue weighted by Crippen LogP contribution is 2.31. The van der Waals surface area contributed by atoms with E-state index in [9.17, 15) is 17.6 Å². The SMILES string of the molecule is Fc1c(Br)ccc(OC(F)(F)Cl)c1F. The van der Waals surface area contributed by atoms with E-state index in [-0.39, 0.29) is 4.47 Å². The monoisotopic (exact) mass is 292 g/mol. The van der Waals surface area contributed by atoms with Gasteiger partial charge in [0.25, 0.3) is 0 Å². The molecule has 1 rings (SSSR count). The van der Waals surface area contributed by atoms with Crippen LogP contribution in [0.25, 0.3) is 0 Å². The van der Waals surface area contributed by atoms with Gasteiger partial charge in [0.1, 0.15) is 0 Å². The molecule has 14 heavy (non-hydrogen) atoms. The van der Waals surface area contributed by atoms with Crippen LogP contribution in [0.1, 0.15) is 0 Å². The van der Waals surface area contributed by atoms with Gasteiger partial charge in [0.05, 0.1) is 4.47 Å². The van der Waals surface area contributed by atoms with Crippen molar-refractivity contribution in [3.05, 3.63) is 28.2 Å². The molecule has 0 aliphatic rings. The summed E-state index contributed by atoms with van der Waals surface area (Å²) in [6.07, 6.45) is 0. The van der Waals surface area contributed by atoms with E-state index in [2.05, 4.69) is 32.3 Å². The van der Waals surface area contributed by atoms with Gasteiger partial charge < -0.3 is 4.74 Å². The Kier molecular flexibility index (Phi) is 3.26. The number of rotatable bonds is 2. The lowest BCUT2D eigenvalue weighted by Gasteiger charge is -2.11. The summed E-state index contributed by atoms with van der Waals surface area (Å²) >= 11 is 7.04. The maximum Gasteiger partial charge on any atom is 0.487 e. The zero-order valence-electron chi connectivity index (χ0n) is 6.33. The van der Waals surface area contributed by atoms with Gasteiger partial charge in [-0.2, -0.15) is 4.39 Å². The molecule has 0 aromatic heterocycles. The smallest absolute Gasteiger partial charge is 0.417 e. The van der Waals surface area contributed by atoms with Crippen LogP contribution in [-0.4, -0.2) is 5.57 Å². The van der Waals surface area contributed by atoms with Crippen molar-refractivity contribution < 1.29 is 22.3 Å². The predicted octanol–water partition coefficient (Wildman–Crippen LogP) is 3.90. The van der Waals surface area contributed by atoms with Crippen molar-refractivity contribution in [1.29, 1.82) is 0 Å². The maximum absolute atomic E-state index is 12.9. The lowest BCUT2D eigenvalue weighted by molar-refractivity contribution is -0.0987. The van der Waals surface area contributed by atoms with E-state index in [0.717, 1.165) is 12.1 Å². The van der Waals surface area contributed by atoms with E-state index in [1.54, 1.807) is 0 Å². The molecule has 7 heteroatoms. The minimum atomic E-state index is -4.07.